The number of hydrogen-bond donors (Lipinski definition) is 2. The lowest BCUT2D eigenvalue weighted by Gasteiger charge is -2.36. The monoisotopic (exact) mass is 400 g/mol. The Bertz CT molecular complexity index is 775. The van der Waals surface area contributed by atoms with Gasteiger partial charge in [0.1, 0.15) is 0 Å². The predicted octanol–water partition coefficient (Wildman–Crippen LogP) is 1.89. The van der Waals surface area contributed by atoms with E-state index >= 15 is 0 Å². The summed E-state index contributed by atoms with van der Waals surface area (Å²) >= 11 is 5.83. The van der Waals surface area contributed by atoms with E-state index < -0.39 is 11.8 Å². The number of halogens is 1. The zero-order chi connectivity index (χ0) is 19.8. The first-order valence-corrected chi connectivity index (χ1v) is 9.82. The van der Waals surface area contributed by atoms with Crippen LogP contribution < -0.4 is 15.5 Å². The second-order valence-electron chi connectivity index (χ2n) is 6.73. The van der Waals surface area contributed by atoms with Crippen LogP contribution in [0.4, 0.5) is 5.69 Å². The average molecular weight is 401 g/mol. The van der Waals surface area contributed by atoms with E-state index in [1.165, 1.54) is 5.69 Å². The first-order valence-electron chi connectivity index (χ1n) is 9.44. The third-order valence-corrected chi connectivity index (χ3v) is 5.03. The first-order chi connectivity index (χ1) is 13.6. The van der Waals surface area contributed by atoms with Crippen molar-refractivity contribution in [2.24, 2.45) is 0 Å². The molecule has 0 aromatic heterocycles. The molecule has 1 saturated heterocycles. The van der Waals surface area contributed by atoms with Crippen LogP contribution in [0.2, 0.25) is 5.02 Å². The molecule has 2 aromatic carbocycles. The number of anilines is 1. The third-order valence-electron chi connectivity index (χ3n) is 4.78. The second kappa shape index (κ2) is 10.1. The fourth-order valence-electron chi connectivity index (χ4n) is 3.14. The maximum atomic E-state index is 11.9. The molecule has 1 aliphatic rings. The maximum absolute atomic E-state index is 11.9. The molecule has 1 heterocycles. The van der Waals surface area contributed by atoms with E-state index in [1.807, 2.05) is 18.2 Å². The Morgan fingerprint density at radius 1 is 0.857 bits per heavy atom. The highest BCUT2D eigenvalue weighted by Crippen LogP contribution is 2.15. The van der Waals surface area contributed by atoms with Gasteiger partial charge in [-0.25, -0.2) is 0 Å². The highest BCUT2D eigenvalue weighted by atomic mass is 35.5. The van der Waals surface area contributed by atoms with Gasteiger partial charge in [0, 0.05) is 56.5 Å². The van der Waals surface area contributed by atoms with Crippen LogP contribution >= 0.6 is 11.6 Å². The predicted molar refractivity (Wildman–Crippen MR) is 111 cm³/mol. The topological polar surface area (TPSA) is 64.7 Å². The molecule has 1 fully saturated rings. The van der Waals surface area contributed by atoms with Crippen LogP contribution in [-0.4, -0.2) is 56.0 Å². The molecule has 0 spiro atoms. The van der Waals surface area contributed by atoms with E-state index in [4.69, 9.17) is 11.6 Å². The molecule has 2 N–H and O–H groups in total. The SMILES string of the molecule is O=C(NCCN1CCN(c2ccccc2)CC1)C(=O)NCc1ccc(Cl)cc1. The molecule has 1 aliphatic heterocycles. The number of hydrogen-bond acceptors (Lipinski definition) is 4. The standard InChI is InChI=1S/C21H25ClN4O2/c22-18-8-6-17(7-9-18)16-24-21(28)20(27)23-10-11-25-12-14-26(15-13-25)19-4-2-1-3-5-19/h1-9H,10-16H2,(H,23,27)(H,24,28). The van der Waals surface area contributed by atoms with Crippen molar-refractivity contribution < 1.29 is 9.59 Å². The maximum Gasteiger partial charge on any atom is 0.309 e. The summed E-state index contributed by atoms with van der Waals surface area (Å²) in [6.07, 6.45) is 0. The molecule has 0 unspecified atom stereocenters. The van der Waals surface area contributed by atoms with Crippen molar-refractivity contribution in [1.29, 1.82) is 0 Å². The number of piperazine rings is 1. The Morgan fingerprint density at radius 2 is 1.50 bits per heavy atom. The van der Waals surface area contributed by atoms with Gasteiger partial charge in [-0.1, -0.05) is 41.9 Å². The van der Waals surface area contributed by atoms with Crippen LogP contribution in [0, 0.1) is 0 Å². The largest absolute Gasteiger partial charge is 0.369 e. The Balaban J connectivity index is 1.32. The van der Waals surface area contributed by atoms with Crippen molar-refractivity contribution in [3.63, 3.8) is 0 Å². The molecule has 0 saturated carbocycles. The first kappa shape index (κ1) is 20.2. The highest BCUT2D eigenvalue weighted by Gasteiger charge is 2.18. The molecule has 2 amide bonds. The number of amides is 2. The fraction of sp³-hybridized carbons (Fsp3) is 0.333. The Hall–Kier alpha value is -2.57. The summed E-state index contributed by atoms with van der Waals surface area (Å²) in [6.45, 7) is 5.28. The van der Waals surface area contributed by atoms with Crippen LogP contribution in [0.3, 0.4) is 0 Å². The smallest absolute Gasteiger partial charge is 0.309 e. The summed E-state index contributed by atoms with van der Waals surface area (Å²) in [4.78, 5) is 28.5. The van der Waals surface area contributed by atoms with E-state index in [1.54, 1.807) is 12.1 Å². The lowest BCUT2D eigenvalue weighted by molar-refractivity contribution is -0.139. The summed E-state index contributed by atoms with van der Waals surface area (Å²) in [5, 5.41) is 5.94. The van der Waals surface area contributed by atoms with Gasteiger partial charge in [-0.2, -0.15) is 0 Å². The van der Waals surface area contributed by atoms with Gasteiger partial charge in [0.05, 0.1) is 0 Å². The van der Waals surface area contributed by atoms with Gasteiger partial charge in [0.2, 0.25) is 0 Å². The minimum atomic E-state index is -0.621. The molecule has 148 valence electrons. The van der Waals surface area contributed by atoms with Crippen LogP contribution in [0.25, 0.3) is 0 Å². The average Bonchev–Trinajstić information content (AvgIpc) is 2.74. The van der Waals surface area contributed by atoms with Crippen molar-refractivity contribution in [2.75, 3.05) is 44.2 Å². The number of nitrogens with zero attached hydrogens (tertiary/aromatic N) is 2. The Morgan fingerprint density at radius 3 is 2.18 bits per heavy atom. The summed E-state index contributed by atoms with van der Waals surface area (Å²) in [5.41, 5.74) is 2.13. The quantitative estimate of drug-likeness (QED) is 0.727. The zero-order valence-electron chi connectivity index (χ0n) is 15.7. The van der Waals surface area contributed by atoms with Gasteiger partial charge in [-0.3, -0.25) is 14.5 Å². The number of carbonyl (C=O) groups is 2. The van der Waals surface area contributed by atoms with E-state index in [9.17, 15) is 9.59 Å². The molecule has 6 nitrogen and oxygen atoms in total. The third kappa shape index (κ3) is 5.97. The molecule has 0 bridgehead atoms. The van der Waals surface area contributed by atoms with E-state index in [0.717, 1.165) is 38.3 Å². The van der Waals surface area contributed by atoms with Crippen molar-refractivity contribution in [3.05, 3.63) is 65.2 Å². The van der Waals surface area contributed by atoms with Crippen molar-refractivity contribution in [3.8, 4) is 0 Å². The van der Waals surface area contributed by atoms with Gasteiger partial charge < -0.3 is 15.5 Å². The summed E-state index contributed by atoms with van der Waals surface area (Å²) in [7, 11) is 0. The van der Waals surface area contributed by atoms with Crippen molar-refractivity contribution >= 4 is 29.1 Å². The number of rotatable bonds is 6. The van der Waals surface area contributed by atoms with Crippen LogP contribution in [-0.2, 0) is 16.1 Å². The zero-order valence-corrected chi connectivity index (χ0v) is 16.5. The fourth-order valence-corrected chi connectivity index (χ4v) is 3.27. The Kier molecular flexibility index (Phi) is 7.28. The molecule has 0 radical (unpaired) electrons. The van der Waals surface area contributed by atoms with Crippen LogP contribution in [0.15, 0.2) is 54.6 Å². The molecule has 28 heavy (non-hydrogen) atoms. The van der Waals surface area contributed by atoms with Crippen LogP contribution in [0.5, 0.6) is 0 Å². The van der Waals surface area contributed by atoms with Crippen LogP contribution in [0.1, 0.15) is 5.56 Å². The molecular weight excluding hydrogens is 376 g/mol. The molecular formula is C21H25ClN4O2. The van der Waals surface area contributed by atoms with E-state index in [2.05, 4.69) is 44.7 Å². The van der Waals surface area contributed by atoms with Crippen molar-refractivity contribution in [1.82, 2.24) is 15.5 Å². The summed E-state index contributed by atoms with van der Waals surface area (Å²) in [6, 6.07) is 17.5. The van der Waals surface area contributed by atoms with Gasteiger partial charge in [-0.15, -0.1) is 0 Å². The lowest BCUT2D eigenvalue weighted by atomic mass is 10.2. The second-order valence-corrected chi connectivity index (χ2v) is 7.17. The molecule has 2 aromatic rings. The minimum absolute atomic E-state index is 0.296. The number of para-hydroxylation sites is 1. The highest BCUT2D eigenvalue weighted by molar-refractivity contribution is 6.35. The lowest BCUT2D eigenvalue weighted by Crippen LogP contribution is -2.49. The molecule has 3 rings (SSSR count). The van der Waals surface area contributed by atoms with Crippen molar-refractivity contribution in [2.45, 2.75) is 6.54 Å². The summed E-state index contributed by atoms with van der Waals surface area (Å²) in [5.74, 6) is -1.22. The number of nitrogens with one attached hydrogen (secondary N) is 2. The van der Waals surface area contributed by atoms with E-state index in [0.29, 0.717) is 18.1 Å². The van der Waals surface area contributed by atoms with Gasteiger partial charge in [0.25, 0.3) is 0 Å². The Labute approximate surface area is 170 Å². The number of carbonyl (C=O) groups excluding carboxylic acids is 2. The molecule has 7 heteroatoms. The molecule has 0 aliphatic carbocycles. The van der Waals surface area contributed by atoms with Gasteiger partial charge in [-0.05, 0) is 29.8 Å². The molecule has 0 atom stereocenters. The summed E-state index contributed by atoms with van der Waals surface area (Å²) < 4.78 is 0. The van der Waals surface area contributed by atoms with Gasteiger partial charge in [0.15, 0.2) is 0 Å². The van der Waals surface area contributed by atoms with Gasteiger partial charge >= 0.3 is 11.8 Å². The normalized spacial score (nSPS) is 14.5. The number of benzene rings is 2. The minimum Gasteiger partial charge on any atom is -0.369 e. The van der Waals surface area contributed by atoms with E-state index in [-0.39, 0.29) is 0 Å².